The lowest BCUT2D eigenvalue weighted by Crippen LogP contribution is -2.09. The Bertz CT molecular complexity index is 871. The zero-order valence-electron chi connectivity index (χ0n) is 13.6. The molecule has 2 atom stereocenters. The van der Waals surface area contributed by atoms with E-state index in [-0.39, 0.29) is 11.9 Å². The summed E-state index contributed by atoms with van der Waals surface area (Å²) < 4.78 is 15.1. The normalized spacial score (nSPS) is 19.3. The number of anilines is 1. The molecule has 6 heteroatoms. The largest absolute Gasteiger partial charge is 0.365 e. The van der Waals surface area contributed by atoms with Gasteiger partial charge in [-0.15, -0.1) is 10.2 Å². The molecule has 1 fully saturated rings. The van der Waals surface area contributed by atoms with Crippen LogP contribution in [0.4, 0.5) is 10.2 Å². The van der Waals surface area contributed by atoms with Crippen LogP contribution in [0.5, 0.6) is 0 Å². The highest BCUT2D eigenvalue weighted by atomic mass is 19.1. The van der Waals surface area contributed by atoms with E-state index in [9.17, 15) is 4.39 Å². The summed E-state index contributed by atoms with van der Waals surface area (Å²) in [6.07, 6.45) is 0.977. The molecular weight excluding hydrogens is 305 g/mol. The predicted octanol–water partition coefficient (Wildman–Crippen LogP) is 3.39. The van der Waals surface area contributed by atoms with Gasteiger partial charge in [-0.25, -0.2) is 9.07 Å². The zero-order valence-corrected chi connectivity index (χ0v) is 13.6. The third-order valence-corrected chi connectivity index (χ3v) is 4.28. The summed E-state index contributed by atoms with van der Waals surface area (Å²) in [7, 11) is 0. The Kier molecular flexibility index (Phi) is 3.52. The van der Waals surface area contributed by atoms with Crippen molar-refractivity contribution < 1.29 is 4.39 Å². The van der Waals surface area contributed by atoms with E-state index < -0.39 is 0 Å². The second-order valence-electron chi connectivity index (χ2n) is 6.26. The Morgan fingerprint density at radius 3 is 2.67 bits per heavy atom. The molecule has 0 radical (unpaired) electrons. The minimum absolute atomic E-state index is 0.188. The van der Waals surface area contributed by atoms with E-state index in [0.29, 0.717) is 11.7 Å². The van der Waals surface area contributed by atoms with Gasteiger partial charge in [0.2, 0.25) is 0 Å². The van der Waals surface area contributed by atoms with Crippen molar-refractivity contribution in [2.45, 2.75) is 32.2 Å². The van der Waals surface area contributed by atoms with E-state index in [2.05, 4.69) is 20.6 Å². The van der Waals surface area contributed by atoms with Crippen LogP contribution in [0.15, 0.2) is 42.5 Å². The van der Waals surface area contributed by atoms with Gasteiger partial charge in [0.1, 0.15) is 11.6 Å². The third-order valence-electron chi connectivity index (χ3n) is 4.28. The molecule has 0 unspecified atom stereocenters. The average molecular weight is 323 g/mol. The summed E-state index contributed by atoms with van der Waals surface area (Å²) in [6, 6.07) is 12.9. The van der Waals surface area contributed by atoms with Crippen molar-refractivity contribution in [1.29, 1.82) is 0 Å². The number of nitrogens with one attached hydrogen (secondary N) is 1. The SMILES string of the molecule is Cc1cc(C)n(-c2ccc(N[C@@H]3C[C@H]3c3cccc(F)c3)nn2)n1. The number of nitrogens with zero attached hydrogens (tertiary/aromatic N) is 4. The number of hydrogen-bond acceptors (Lipinski definition) is 4. The first-order valence-corrected chi connectivity index (χ1v) is 7.99. The van der Waals surface area contributed by atoms with Crippen LogP contribution in [0.3, 0.4) is 0 Å². The second-order valence-corrected chi connectivity index (χ2v) is 6.26. The Labute approximate surface area is 139 Å². The Morgan fingerprint density at radius 1 is 1.12 bits per heavy atom. The Hall–Kier alpha value is -2.76. The lowest BCUT2D eigenvalue weighted by atomic mass is 10.1. The minimum atomic E-state index is -0.188. The van der Waals surface area contributed by atoms with Crippen molar-refractivity contribution in [2.24, 2.45) is 0 Å². The molecule has 1 N–H and O–H groups in total. The number of aromatic nitrogens is 4. The first-order valence-electron chi connectivity index (χ1n) is 7.99. The maximum atomic E-state index is 13.3. The molecular formula is C18H18FN5. The van der Waals surface area contributed by atoms with Crippen molar-refractivity contribution in [3.8, 4) is 5.82 Å². The van der Waals surface area contributed by atoms with Crippen LogP contribution in [-0.2, 0) is 0 Å². The van der Waals surface area contributed by atoms with E-state index in [1.54, 1.807) is 16.8 Å². The van der Waals surface area contributed by atoms with Crippen LogP contribution < -0.4 is 5.32 Å². The van der Waals surface area contributed by atoms with Crippen LogP contribution >= 0.6 is 0 Å². The van der Waals surface area contributed by atoms with Gasteiger partial charge in [-0.3, -0.25) is 0 Å². The molecule has 1 aliphatic carbocycles. The highest BCUT2D eigenvalue weighted by Gasteiger charge is 2.38. The van der Waals surface area contributed by atoms with Crippen molar-refractivity contribution in [1.82, 2.24) is 20.0 Å². The van der Waals surface area contributed by atoms with Gasteiger partial charge in [-0.05, 0) is 56.2 Å². The highest BCUT2D eigenvalue weighted by Crippen LogP contribution is 2.42. The zero-order chi connectivity index (χ0) is 16.7. The van der Waals surface area contributed by atoms with Gasteiger partial charge in [-0.1, -0.05) is 12.1 Å². The number of halogens is 1. The first kappa shape index (κ1) is 14.8. The summed E-state index contributed by atoms with van der Waals surface area (Å²) in [4.78, 5) is 0. The topological polar surface area (TPSA) is 55.6 Å². The molecule has 0 amide bonds. The third kappa shape index (κ3) is 2.87. The monoisotopic (exact) mass is 323 g/mol. The maximum absolute atomic E-state index is 13.3. The first-order chi connectivity index (χ1) is 11.6. The molecule has 3 aromatic rings. The molecule has 122 valence electrons. The fourth-order valence-corrected chi connectivity index (χ4v) is 3.03. The van der Waals surface area contributed by atoms with E-state index in [0.717, 1.165) is 29.2 Å². The molecule has 1 aromatic carbocycles. The lowest BCUT2D eigenvalue weighted by molar-refractivity contribution is 0.625. The van der Waals surface area contributed by atoms with E-state index in [4.69, 9.17) is 0 Å². The average Bonchev–Trinajstić information content (AvgIpc) is 3.24. The molecule has 2 heterocycles. The standard InChI is InChI=1S/C18H18FN5/c1-11-8-12(2)24(23-11)18-7-6-17(21-22-18)20-16-10-15(16)13-4-3-5-14(19)9-13/h3-9,15-16H,10H2,1-2H3,(H,20,21)/t15-,16+/m0/s1. The fourth-order valence-electron chi connectivity index (χ4n) is 3.03. The number of hydrogen-bond donors (Lipinski definition) is 1. The summed E-state index contributed by atoms with van der Waals surface area (Å²) in [5.41, 5.74) is 3.00. The van der Waals surface area contributed by atoms with E-state index >= 15 is 0 Å². The van der Waals surface area contributed by atoms with Gasteiger partial charge in [0.25, 0.3) is 0 Å². The van der Waals surface area contributed by atoms with Crippen LogP contribution in [0.1, 0.15) is 29.3 Å². The van der Waals surface area contributed by atoms with Gasteiger partial charge >= 0.3 is 0 Å². The summed E-state index contributed by atoms with van der Waals surface area (Å²) in [5.74, 6) is 1.57. The summed E-state index contributed by atoms with van der Waals surface area (Å²) >= 11 is 0. The van der Waals surface area contributed by atoms with Gasteiger partial charge in [0.05, 0.1) is 5.69 Å². The fraction of sp³-hybridized carbons (Fsp3) is 0.278. The van der Waals surface area contributed by atoms with Crippen molar-refractivity contribution in [3.05, 3.63) is 65.2 Å². The van der Waals surface area contributed by atoms with Crippen LogP contribution in [-0.4, -0.2) is 26.0 Å². The maximum Gasteiger partial charge on any atom is 0.176 e. The second kappa shape index (κ2) is 5.70. The predicted molar refractivity (Wildman–Crippen MR) is 89.8 cm³/mol. The molecule has 24 heavy (non-hydrogen) atoms. The van der Waals surface area contributed by atoms with Crippen LogP contribution in [0, 0.1) is 19.7 Å². The molecule has 0 bridgehead atoms. The Balaban J connectivity index is 1.44. The van der Waals surface area contributed by atoms with Crippen molar-refractivity contribution in [3.63, 3.8) is 0 Å². The molecule has 4 rings (SSSR count). The van der Waals surface area contributed by atoms with Gasteiger partial charge < -0.3 is 5.32 Å². The smallest absolute Gasteiger partial charge is 0.176 e. The van der Waals surface area contributed by atoms with Gasteiger partial charge in [0, 0.05) is 17.7 Å². The van der Waals surface area contributed by atoms with E-state index in [1.165, 1.54) is 6.07 Å². The molecule has 0 spiro atoms. The molecule has 0 saturated heterocycles. The highest BCUT2D eigenvalue weighted by molar-refractivity contribution is 5.42. The Morgan fingerprint density at radius 2 is 2.00 bits per heavy atom. The molecule has 1 saturated carbocycles. The van der Waals surface area contributed by atoms with Gasteiger partial charge in [-0.2, -0.15) is 5.10 Å². The number of aryl methyl sites for hydroxylation is 2. The molecule has 5 nitrogen and oxygen atoms in total. The van der Waals surface area contributed by atoms with E-state index in [1.807, 2.05) is 38.1 Å². The van der Waals surface area contributed by atoms with Crippen molar-refractivity contribution in [2.75, 3.05) is 5.32 Å². The minimum Gasteiger partial charge on any atom is -0.365 e. The van der Waals surface area contributed by atoms with Crippen LogP contribution in [0.25, 0.3) is 5.82 Å². The lowest BCUT2D eigenvalue weighted by Gasteiger charge is -2.06. The van der Waals surface area contributed by atoms with Gasteiger partial charge in [0.15, 0.2) is 5.82 Å². The number of rotatable bonds is 4. The molecule has 0 aliphatic heterocycles. The molecule has 2 aromatic heterocycles. The summed E-state index contributed by atoms with van der Waals surface area (Å²) in [6.45, 7) is 3.94. The van der Waals surface area contributed by atoms with Crippen molar-refractivity contribution >= 4 is 5.82 Å². The summed E-state index contributed by atoms with van der Waals surface area (Å²) in [5, 5.41) is 16.2. The number of benzene rings is 1. The molecule has 1 aliphatic rings. The quantitative estimate of drug-likeness (QED) is 0.799. The van der Waals surface area contributed by atoms with Crippen LogP contribution in [0.2, 0.25) is 0 Å².